The van der Waals surface area contributed by atoms with Gasteiger partial charge in [-0.1, -0.05) is 29.5 Å². The normalized spacial score (nSPS) is 11.4. The molecule has 0 aliphatic carbocycles. The van der Waals surface area contributed by atoms with E-state index in [-0.39, 0.29) is 22.1 Å². The molecule has 6 heteroatoms. The highest BCUT2D eigenvalue weighted by Gasteiger charge is 2.02. The molecule has 0 aliphatic heterocycles. The minimum atomic E-state index is 0. The maximum absolute atomic E-state index is 9.26. The minimum Gasteiger partial charge on any atom is -1.00 e. The van der Waals surface area contributed by atoms with Crippen LogP contribution in [0.2, 0.25) is 0 Å². The molecule has 0 bridgehead atoms. The first-order chi connectivity index (χ1) is 7.63. The lowest BCUT2D eigenvalue weighted by Crippen LogP contribution is -3.00. The van der Waals surface area contributed by atoms with Crippen LogP contribution in [0.5, 0.6) is 5.75 Å². The first kappa shape index (κ1) is 16.1. The summed E-state index contributed by atoms with van der Waals surface area (Å²) in [4.78, 5) is 0. The molecule has 0 fully saturated rings. The third kappa shape index (κ3) is 5.83. The Hall–Kier alpha value is -0.880. The molecule has 96 valence electrons. The standard InChI is InChI=1S/C11H16N2O2S.BrH/c1-15-10-6-4-9(5-7-10)3-2-8-13(14)11(12)16;/h4-7,14H,2-3,8H2,1H3,(H2,12,16);1H. The molecule has 0 unspecified atom stereocenters. The third-order valence-corrected chi connectivity index (χ3v) is 2.49. The van der Waals surface area contributed by atoms with Crippen LogP contribution in [0.3, 0.4) is 0 Å². The summed E-state index contributed by atoms with van der Waals surface area (Å²) < 4.78 is 6.00. The van der Waals surface area contributed by atoms with E-state index >= 15 is 0 Å². The van der Waals surface area contributed by atoms with Crippen molar-refractivity contribution in [3.05, 3.63) is 29.8 Å². The van der Waals surface area contributed by atoms with E-state index in [4.69, 9.17) is 10.5 Å². The van der Waals surface area contributed by atoms with Crippen LogP contribution in [0.4, 0.5) is 0 Å². The maximum Gasteiger partial charge on any atom is 0.339 e. The number of thiol groups is 1. The highest BCUT2D eigenvalue weighted by Crippen LogP contribution is 2.12. The van der Waals surface area contributed by atoms with Gasteiger partial charge in [0.2, 0.25) is 0 Å². The van der Waals surface area contributed by atoms with Crippen LogP contribution in [-0.2, 0) is 6.42 Å². The molecule has 0 radical (unpaired) electrons. The topological polar surface area (TPSA) is 58.5 Å². The average molecular weight is 321 g/mol. The van der Waals surface area contributed by atoms with E-state index in [1.165, 1.54) is 5.56 Å². The number of rotatable bonds is 5. The van der Waals surface area contributed by atoms with Gasteiger partial charge in [0.05, 0.1) is 7.11 Å². The fourth-order valence-corrected chi connectivity index (χ4v) is 1.44. The number of hydrogen-bond donors (Lipinski definition) is 3. The maximum atomic E-state index is 9.26. The second-order valence-corrected chi connectivity index (χ2v) is 3.89. The van der Waals surface area contributed by atoms with Crippen LogP contribution in [0.15, 0.2) is 24.3 Å². The Labute approximate surface area is 117 Å². The van der Waals surface area contributed by atoms with Gasteiger partial charge < -0.3 is 26.9 Å². The van der Waals surface area contributed by atoms with Gasteiger partial charge in [-0.15, -0.1) is 0 Å². The van der Waals surface area contributed by atoms with Gasteiger partial charge in [0.1, 0.15) is 12.3 Å². The number of amidine groups is 1. The molecule has 0 aliphatic rings. The zero-order chi connectivity index (χ0) is 12.0. The second kappa shape index (κ2) is 8.25. The van der Waals surface area contributed by atoms with Crippen LogP contribution in [0, 0.1) is 0 Å². The van der Waals surface area contributed by atoms with E-state index in [0.717, 1.165) is 23.3 Å². The van der Waals surface area contributed by atoms with Crippen molar-refractivity contribution in [2.45, 2.75) is 12.8 Å². The lowest BCUT2D eigenvalue weighted by atomic mass is 10.1. The summed E-state index contributed by atoms with van der Waals surface area (Å²) in [6.07, 6.45) is 1.69. The number of nitrogens with two attached hydrogens (primary N) is 1. The zero-order valence-corrected chi connectivity index (χ0v) is 12.1. The van der Waals surface area contributed by atoms with E-state index in [1.54, 1.807) is 7.11 Å². The predicted molar refractivity (Wildman–Crippen MR) is 66.4 cm³/mol. The van der Waals surface area contributed by atoms with E-state index in [2.05, 4.69) is 12.6 Å². The van der Waals surface area contributed by atoms with Crippen molar-refractivity contribution in [3.8, 4) is 5.75 Å². The highest BCUT2D eigenvalue weighted by molar-refractivity contribution is 7.96. The monoisotopic (exact) mass is 320 g/mol. The first-order valence-corrected chi connectivity index (χ1v) is 5.49. The van der Waals surface area contributed by atoms with E-state index in [0.29, 0.717) is 6.54 Å². The summed E-state index contributed by atoms with van der Waals surface area (Å²) in [6.45, 7) is 0.474. The van der Waals surface area contributed by atoms with Crippen LogP contribution >= 0.6 is 12.6 Å². The third-order valence-electron chi connectivity index (χ3n) is 2.26. The smallest absolute Gasteiger partial charge is 0.339 e. The molecule has 0 saturated carbocycles. The van der Waals surface area contributed by atoms with Crippen molar-refractivity contribution >= 4 is 17.8 Å². The summed E-state index contributed by atoms with van der Waals surface area (Å²) in [5.41, 5.74) is 6.49. The molecular formula is C11H17BrN2O2S. The molecule has 3 N–H and O–H groups in total. The molecule has 4 nitrogen and oxygen atoms in total. The Morgan fingerprint density at radius 2 is 2.00 bits per heavy atom. The average Bonchev–Trinajstić information content (AvgIpc) is 2.29. The number of hydroxylamine groups is 1. The zero-order valence-electron chi connectivity index (χ0n) is 9.64. The molecular weight excluding hydrogens is 304 g/mol. The summed E-state index contributed by atoms with van der Waals surface area (Å²) in [7, 11) is 1.64. The van der Waals surface area contributed by atoms with Crippen molar-refractivity contribution in [2.75, 3.05) is 13.7 Å². The molecule has 0 heterocycles. The summed E-state index contributed by atoms with van der Waals surface area (Å²) in [5.74, 6) is 0.848. The van der Waals surface area contributed by atoms with Crippen LogP contribution < -0.4 is 27.5 Å². The second-order valence-electron chi connectivity index (χ2n) is 3.43. The number of hydrogen-bond acceptors (Lipinski definition) is 2. The number of methoxy groups -OCH3 is 1. The highest BCUT2D eigenvalue weighted by atomic mass is 79.9. The molecule has 0 saturated heterocycles. The number of ether oxygens (including phenoxy) is 1. The van der Waals surface area contributed by atoms with Gasteiger partial charge in [0, 0.05) is 0 Å². The molecule has 0 aromatic heterocycles. The number of nitrogens with zero attached hydrogens (tertiary/aromatic N) is 1. The number of benzene rings is 1. The molecule has 0 spiro atoms. The lowest BCUT2D eigenvalue weighted by Gasteiger charge is -2.03. The van der Waals surface area contributed by atoms with Crippen molar-refractivity contribution in [1.82, 2.24) is 0 Å². The predicted octanol–water partition coefficient (Wildman–Crippen LogP) is -1.72. The fourth-order valence-electron chi connectivity index (χ4n) is 1.34. The minimum absolute atomic E-state index is 0. The Bertz CT molecular complexity index is 364. The van der Waals surface area contributed by atoms with Crippen molar-refractivity contribution in [1.29, 1.82) is 0 Å². The number of aryl methyl sites for hydroxylation is 1. The van der Waals surface area contributed by atoms with Gasteiger partial charge in [0.15, 0.2) is 0 Å². The van der Waals surface area contributed by atoms with Gasteiger partial charge >= 0.3 is 5.17 Å². The van der Waals surface area contributed by atoms with E-state index < -0.39 is 0 Å². The van der Waals surface area contributed by atoms with Crippen molar-refractivity contribution in [2.24, 2.45) is 5.73 Å². The first-order valence-electron chi connectivity index (χ1n) is 5.04. The van der Waals surface area contributed by atoms with Crippen molar-refractivity contribution in [3.63, 3.8) is 0 Å². The largest absolute Gasteiger partial charge is 1.00 e. The van der Waals surface area contributed by atoms with E-state index in [1.807, 2.05) is 24.3 Å². The molecule has 17 heavy (non-hydrogen) atoms. The summed E-state index contributed by atoms with van der Waals surface area (Å²) >= 11 is 3.83. The Morgan fingerprint density at radius 3 is 2.47 bits per heavy atom. The van der Waals surface area contributed by atoms with Crippen LogP contribution in [0.25, 0.3) is 0 Å². The molecule has 0 amide bonds. The van der Waals surface area contributed by atoms with Crippen molar-refractivity contribution < 1.29 is 31.7 Å². The SMILES string of the molecule is COc1ccc(CCC[N+](O)=C(N)S)cc1.[Br-]. The van der Waals surface area contributed by atoms with Gasteiger partial charge in [-0.2, -0.15) is 0 Å². The van der Waals surface area contributed by atoms with E-state index in [9.17, 15) is 5.21 Å². The molecule has 0 atom stereocenters. The summed E-state index contributed by atoms with van der Waals surface area (Å²) in [6, 6.07) is 7.86. The Balaban J connectivity index is 0.00000256. The number of halogens is 1. The molecule has 1 rings (SSSR count). The van der Waals surface area contributed by atoms with Gasteiger partial charge in [0.25, 0.3) is 0 Å². The molecule has 1 aromatic carbocycles. The Kier molecular flexibility index (Phi) is 7.82. The van der Waals surface area contributed by atoms with Crippen LogP contribution in [0.1, 0.15) is 12.0 Å². The van der Waals surface area contributed by atoms with Gasteiger partial charge in [-0.3, -0.25) is 5.73 Å². The van der Waals surface area contributed by atoms with Crippen LogP contribution in [-0.4, -0.2) is 28.8 Å². The molecule has 1 aromatic rings. The lowest BCUT2D eigenvalue weighted by molar-refractivity contribution is -0.773. The van der Waals surface area contributed by atoms with Gasteiger partial charge in [-0.05, 0) is 30.5 Å². The quantitative estimate of drug-likeness (QED) is 0.151. The Morgan fingerprint density at radius 1 is 1.41 bits per heavy atom. The summed E-state index contributed by atoms with van der Waals surface area (Å²) in [5, 5.41) is 9.38. The van der Waals surface area contributed by atoms with Gasteiger partial charge in [-0.25, -0.2) is 0 Å². The fraction of sp³-hybridized carbons (Fsp3) is 0.364.